The lowest BCUT2D eigenvalue weighted by atomic mass is 10.1. The third-order valence-corrected chi connectivity index (χ3v) is 4.62. The van der Waals surface area contributed by atoms with Crippen molar-refractivity contribution < 1.29 is 18.7 Å². The van der Waals surface area contributed by atoms with E-state index in [-0.39, 0.29) is 35.1 Å². The molecule has 1 N–H and O–H groups in total. The molecule has 1 aromatic heterocycles. The van der Waals surface area contributed by atoms with Crippen LogP contribution in [0.1, 0.15) is 52.6 Å². The molecule has 1 aromatic carbocycles. The Bertz CT molecular complexity index is 902. The third-order valence-electron chi connectivity index (χ3n) is 4.03. The molecule has 0 atom stereocenters. The summed E-state index contributed by atoms with van der Waals surface area (Å²) in [6.45, 7) is 7.10. The molecule has 6 nitrogen and oxygen atoms in total. The average Bonchev–Trinajstić information content (AvgIpc) is 2.91. The van der Waals surface area contributed by atoms with Gasteiger partial charge in [-0.2, -0.15) is 5.26 Å². The van der Waals surface area contributed by atoms with Crippen LogP contribution in [0.25, 0.3) is 0 Å². The van der Waals surface area contributed by atoms with Crippen molar-refractivity contribution in [2.75, 3.05) is 11.9 Å². The molecule has 1 heterocycles. The van der Waals surface area contributed by atoms with E-state index in [0.717, 1.165) is 11.1 Å². The fourth-order valence-corrected chi connectivity index (χ4v) is 2.87. The van der Waals surface area contributed by atoms with E-state index in [0.29, 0.717) is 29.6 Å². The summed E-state index contributed by atoms with van der Waals surface area (Å²) in [7, 11) is 0. The average molecular weight is 389 g/mol. The van der Waals surface area contributed by atoms with E-state index in [2.05, 4.69) is 5.32 Å². The first-order chi connectivity index (χ1) is 12.7. The first-order valence-corrected chi connectivity index (χ1v) is 8.86. The smallest absolute Gasteiger partial charge is 0.226 e. The summed E-state index contributed by atoms with van der Waals surface area (Å²) in [6, 6.07) is 5.61. The highest BCUT2D eigenvalue weighted by molar-refractivity contribution is 6.32. The van der Waals surface area contributed by atoms with Gasteiger partial charge in [0, 0.05) is 11.4 Å². The second kappa shape index (κ2) is 8.74. The molecule has 27 heavy (non-hydrogen) atoms. The van der Waals surface area contributed by atoms with E-state index in [9.17, 15) is 14.9 Å². The Morgan fingerprint density at radius 1 is 1.26 bits per heavy atom. The normalized spacial score (nSPS) is 10.4. The lowest BCUT2D eigenvalue weighted by molar-refractivity contribution is -0.116. The van der Waals surface area contributed by atoms with Gasteiger partial charge in [0.25, 0.3) is 0 Å². The highest BCUT2D eigenvalue weighted by Crippen LogP contribution is 2.27. The molecule has 0 fully saturated rings. The van der Waals surface area contributed by atoms with Gasteiger partial charge in [0.2, 0.25) is 11.8 Å². The van der Waals surface area contributed by atoms with E-state index in [1.54, 1.807) is 6.92 Å². The molecule has 142 valence electrons. The predicted molar refractivity (Wildman–Crippen MR) is 102 cm³/mol. The van der Waals surface area contributed by atoms with E-state index in [4.69, 9.17) is 20.8 Å². The summed E-state index contributed by atoms with van der Waals surface area (Å²) in [5.74, 6) is 0.424. The number of carbonyl (C=O) groups excluding carboxylic acids is 2. The van der Waals surface area contributed by atoms with E-state index >= 15 is 0 Å². The lowest BCUT2D eigenvalue weighted by Crippen LogP contribution is -2.13. The Hall–Kier alpha value is -2.78. The Labute approximate surface area is 163 Å². The maximum absolute atomic E-state index is 12.1. The number of amides is 1. The minimum absolute atomic E-state index is 0.00932. The standard InChI is InChI=1S/C20H21ClN2O4/c1-11-8-15(9-12(2)19(11)21)26-7-5-6-17(25)23-20-16(10-22)18(13(3)24)14(4)27-20/h8-9H,5-7H2,1-4H3,(H,23,25). The number of rotatable bonds is 7. The SMILES string of the molecule is CC(=O)c1c(C)oc(NC(=O)CCCOc2cc(C)c(Cl)c(C)c2)c1C#N. The number of aryl methyl sites for hydroxylation is 3. The number of ether oxygens (including phenoxy) is 1. The highest BCUT2D eigenvalue weighted by Gasteiger charge is 2.22. The van der Waals surface area contributed by atoms with Crippen LogP contribution < -0.4 is 10.1 Å². The van der Waals surface area contributed by atoms with Gasteiger partial charge in [-0.3, -0.25) is 14.9 Å². The molecule has 0 radical (unpaired) electrons. The van der Waals surface area contributed by atoms with Crippen LogP contribution in [-0.4, -0.2) is 18.3 Å². The van der Waals surface area contributed by atoms with Crippen LogP contribution in [0, 0.1) is 32.1 Å². The fraction of sp³-hybridized carbons (Fsp3) is 0.350. The number of furan rings is 1. The number of Topliss-reactive ketones (excluding diaryl/α,β-unsaturated/α-hetero) is 1. The number of anilines is 1. The third kappa shape index (κ3) is 4.89. The van der Waals surface area contributed by atoms with Crippen LogP contribution in [-0.2, 0) is 4.79 Å². The number of carbonyl (C=O) groups is 2. The van der Waals surface area contributed by atoms with E-state index in [1.807, 2.05) is 32.0 Å². The van der Waals surface area contributed by atoms with Crippen molar-refractivity contribution in [1.82, 2.24) is 0 Å². The van der Waals surface area contributed by atoms with Crippen molar-refractivity contribution in [2.45, 2.75) is 40.5 Å². The van der Waals surface area contributed by atoms with Crippen LogP contribution in [0.15, 0.2) is 16.5 Å². The maximum atomic E-state index is 12.1. The van der Waals surface area contributed by atoms with E-state index < -0.39 is 0 Å². The second-order valence-electron chi connectivity index (χ2n) is 6.28. The van der Waals surface area contributed by atoms with Gasteiger partial charge in [0.05, 0.1) is 12.2 Å². The van der Waals surface area contributed by atoms with Crippen molar-refractivity contribution in [3.8, 4) is 11.8 Å². The molecular formula is C20H21ClN2O4. The Morgan fingerprint density at radius 3 is 2.44 bits per heavy atom. The quantitative estimate of drug-likeness (QED) is 0.546. The maximum Gasteiger partial charge on any atom is 0.226 e. The molecular weight excluding hydrogens is 368 g/mol. The van der Waals surface area contributed by atoms with E-state index in [1.165, 1.54) is 6.92 Å². The van der Waals surface area contributed by atoms with Crippen LogP contribution in [0.5, 0.6) is 5.75 Å². The summed E-state index contributed by atoms with van der Waals surface area (Å²) in [5.41, 5.74) is 2.12. The zero-order valence-corrected chi connectivity index (χ0v) is 16.5. The molecule has 7 heteroatoms. The fourth-order valence-electron chi connectivity index (χ4n) is 2.76. The number of benzene rings is 1. The van der Waals surface area contributed by atoms with Crippen LogP contribution in [0.3, 0.4) is 0 Å². The molecule has 2 rings (SSSR count). The van der Waals surface area contributed by atoms with Crippen molar-refractivity contribution in [2.24, 2.45) is 0 Å². The summed E-state index contributed by atoms with van der Waals surface area (Å²) >= 11 is 6.13. The largest absolute Gasteiger partial charge is 0.494 e. The Balaban J connectivity index is 1.90. The van der Waals surface area contributed by atoms with Gasteiger partial charge in [0.15, 0.2) is 5.78 Å². The minimum Gasteiger partial charge on any atom is -0.494 e. The zero-order chi connectivity index (χ0) is 20.1. The first-order valence-electron chi connectivity index (χ1n) is 8.48. The molecule has 0 saturated heterocycles. The molecule has 1 amide bonds. The zero-order valence-electron chi connectivity index (χ0n) is 15.7. The molecule has 0 aliphatic carbocycles. The first kappa shape index (κ1) is 20.5. The molecule has 0 saturated carbocycles. The molecule has 0 aliphatic heterocycles. The monoisotopic (exact) mass is 388 g/mol. The van der Waals surface area contributed by atoms with Gasteiger partial charge in [-0.25, -0.2) is 0 Å². The molecule has 0 bridgehead atoms. The second-order valence-corrected chi connectivity index (χ2v) is 6.65. The summed E-state index contributed by atoms with van der Waals surface area (Å²) in [4.78, 5) is 23.7. The lowest BCUT2D eigenvalue weighted by Gasteiger charge is -2.10. The summed E-state index contributed by atoms with van der Waals surface area (Å²) in [6.07, 6.45) is 0.666. The van der Waals surface area contributed by atoms with Gasteiger partial charge in [-0.15, -0.1) is 0 Å². The van der Waals surface area contributed by atoms with Crippen molar-refractivity contribution in [3.05, 3.63) is 45.2 Å². The number of nitrogens with zero attached hydrogens (tertiary/aromatic N) is 1. The van der Waals surface area contributed by atoms with Crippen molar-refractivity contribution >= 4 is 29.2 Å². The molecule has 2 aromatic rings. The van der Waals surface area contributed by atoms with Crippen LogP contribution in [0.4, 0.5) is 5.88 Å². The highest BCUT2D eigenvalue weighted by atomic mass is 35.5. The number of nitriles is 1. The Kier molecular flexibility index (Phi) is 6.65. The van der Waals surface area contributed by atoms with Gasteiger partial charge >= 0.3 is 0 Å². The van der Waals surface area contributed by atoms with Gasteiger partial charge in [-0.05, 0) is 57.4 Å². The predicted octanol–water partition coefficient (Wildman–Crippen LogP) is 4.73. The number of hydrogen-bond donors (Lipinski definition) is 1. The topological polar surface area (TPSA) is 92.3 Å². The van der Waals surface area contributed by atoms with Crippen LogP contribution in [0.2, 0.25) is 5.02 Å². The molecule has 0 aliphatic rings. The summed E-state index contributed by atoms with van der Waals surface area (Å²) < 4.78 is 11.0. The number of halogens is 1. The number of hydrogen-bond acceptors (Lipinski definition) is 5. The molecule has 0 spiro atoms. The van der Waals surface area contributed by atoms with Gasteiger partial charge in [0.1, 0.15) is 23.1 Å². The minimum atomic E-state index is -0.317. The van der Waals surface area contributed by atoms with Gasteiger partial charge < -0.3 is 9.15 Å². The van der Waals surface area contributed by atoms with Crippen molar-refractivity contribution in [3.63, 3.8) is 0 Å². The van der Waals surface area contributed by atoms with Crippen molar-refractivity contribution in [1.29, 1.82) is 5.26 Å². The van der Waals surface area contributed by atoms with Gasteiger partial charge in [-0.1, -0.05) is 11.6 Å². The number of ketones is 1. The van der Waals surface area contributed by atoms with Crippen LogP contribution >= 0.6 is 11.6 Å². The number of nitrogens with one attached hydrogen (secondary N) is 1. The molecule has 0 unspecified atom stereocenters. The Morgan fingerprint density at radius 2 is 1.89 bits per heavy atom. The summed E-state index contributed by atoms with van der Waals surface area (Å²) in [5, 5.41) is 12.5.